The molecule has 2 unspecified atom stereocenters. The van der Waals surface area contributed by atoms with Crippen LogP contribution in [0.1, 0.15) is 112 Å². The minimum Gasteiger partial charge on any atom is -0.0885 e. The SMILES string of the molecule is CCCCCCCCC=CCC(CC(C)C)CC(C)CC(C)C. The van der Waals surface area contributed by atoms with Crippen LogP contribution in [0.5, 0.6) is 0 Å². The third kappa shape index (κ3) is 16.4. The van der Waals surface area contributed by atoms with E-state index in [0.29, 0.717) is 0 Å². The maximum absolute atomic E-state index is 2.49. The first-order chi connectivity index (χ1) is 11.0. The van der Waals surface area contributed by atoms with Crippen LogP contribution in [0.4, 0.5) is 0 Å². The largest absolute Gasteiger partial charge is 0.0885 e. The predicted molar refractivity (Wildman–Crippen MR) is 108 cm³/mol. The van der Waals surface area contributed by atoms with E-state index in [9.17, 15) is 0 Å². The summed E-state index contributed by atoms with van der Waals surface area (Å²) in [6.45, 7) is 14.2. The molecule has 0 fully saturated rings. The monoisotopic (exact) mass is 322 g/mol. The number of rotatable bonds is 15. The average molecular weight is 323 g/mol. The first-order valence-corrected chi connectivity index (χ1v) is 10.6. The highest BCUT2D eigenvalue weighted by molar-refractivity contribution is 4.85. The summed E-state index contributed by atoms with van der Waals surface area (Å²) in [5, 5.41) is 0. The molecule has 0 spiro atoms. The van der Waals surface area contributed by atoms with Gasteiger partial charge in [0.05, 0.1) is 0 Å². The van der Waals surface area contributed by atoms with E-state index in [0.717, 1.165) is 23.7 Å². The van der Waals surface area contributed by atoms with Gasteiger partial charge in [-0.25, -0.2) is 0 Å². The van der Waals surface area contributed by atoms with Crippen molar-refractivity contribution in [2.45, 2.75) is 112 Å². The van der Waals surface area contributed by atoms with Gasteiger partial charge >= 0.3 is 0 Å². The van der Waals surface area contributed by atoms with Gasteiger partial charge in [-0.05, 0) is 62.2 Å². The van der Waals surface area contributed by atoms with E-state index < -0.39 is 0 Å². The Kier molecular flexibility index (Phi) is 15.1. The van der Waals surface area contributed by atoms with Gasteiger partial charge in [0.15, 0.2) is 0 Å². The lowest BCUT2D eigenvalue weighted by Gasteiger charge is -2.22. The fourth-order valence-electron chi connectivity index (χ4n) is 3.87. The van der Waals surface area contributed by atoms with E-state index in [1.54, 1.807) is 0 Å². The van der Waals surface area contributed by atoms with Crippen molar-refractivity contribution in [2.75, 3.05) is 0 Å². The van der Waals surface area contributed by atoms with Crippen molar-refractivity contribution < 1.29 is 0 Å². The molecule has 0 aromatic carbocycles. The second-order valence-corrected chi connectivity index (χ2v) is 8.73. The summed E-state index contributed by atoms with van der Waals surface area (Å²) in [5.74, 6) is 3.45. The maximum atomic E-state index is 2.49. The highest BCUT2D eigenvalue weighted by Gasteiger charge is 2.14. The van der Waals surface area contributed by atoms with Crippen LogP contribution in [0.25, 0.3) is 0 Å². The molecule has 0 radical (unpaired) electrons. The van der Waals surface area contributed by atoms with E-state index >= 15 is 0 Å². The van der Waals surface area contributed by atoms with Gasteiger partial charge in [0.25, 0.3) is 0 Å². The minimum atomic E-state index is 0.832. The highest BCUT2D eigenvalue weighted by atomic mass is 14.2. The van der Waals surface area contributed by atoms with Gasteiger partial charge in [-0.1, -0.05) is 85.8 Å². The van der Waals surface area contributed by atoms with Crippen molar-refractivity contribution in [1.82, 2.24) is 0 Å². The van der Waals surface area contributed by atoms with E-state index in [1.165, 1.54) is 70.6 Å². The van der Waals surface area contributed by atoms with Crippen LogP contribution in [-0.2, 0) is 0 Å². The van der Waals surface area contributed by atoms with Crippen molar-refractivity contribution in [2.24, 2.45) is 23.7 Å². The Morgan fingerprint density at radius 2 is 1.26 bits per heavy atom. The minimum absolute atomic E-state index is 0.832. The Balaban J connectivity index is 3.92. The van der Waals surface area contributed by atoms with E-state index in [4.69, 9.17) is 0 Å². The number of unbranched alkanes of at least 4 members (excludes halogenated alkanes) is 6. The third-order valence-electron chi connectivity index (χ3n) is 4.77. The Labute approximate surface area is 148 Å². The summed E-state index contributed by atoms with van der Waals surface area (Å²) in [4.78, 5) is 0. The van der Waals surface area contributed by atoms with Gasteiger partial charge in [0, 0.05) is 0 Å². The molecule has 0 aliphatic heterocycles. The zero-order chi connectivity index (χ0) is 17.5. The fourth-order valence-corrected chi connectivity index (χ4v) is 3.87. The Hall–Kier alpha value is -0.260. The van der Waals surface area contributed by atoms with Crippen LogP contribution in [0.15, 0.2) is 12.2 Å². The molecule has 0 N–H and O–H groups in total. The molecule has 0 aliphatic carbocycles. The summed E-state index contributed by atoms with van der Waals surface area (Å²) in [7, 11) is 0. The molecule has 0 bridgehead atoms. The molecule has 0 aromatic heterocycles. The smallest absolute Gasteiger partial charge is 0.0322 e. The lowest BCUT2D eigenvalue weighted by molar-refractivity contribution is 0.304. The van der Waals surface area contributed by atoms with Gasteiger partial charge in [0.1, 0.15) is 0 Å². The van der Waals surface area contributed by atoms with E-state index in [2.05, 4.69) is 53.7 Å². The molecule has 0 heterocycles. The zero-order valence-corrected chi connectivity index (χ0v) is 17.2. The number of hydrogen-bond acceptors (Lipinski definition) is 0. The molecular weight excluding hydrogens is 276 g/mol. The average Bonchev–Trinajstić information content (AvgIpc) is 2.43. The second-order valence-electron chi connectivity index (χ2n) is 8.73. The summed E-state index contributed by atoms with van der Waals surface area (Å²) in [6, 6.07) is 0. The van der Waals surface area contributed by atoms with Crippen LogP contribution in [0, 0.1) is 23.7 Å². The van der Waals surface area contributed by atoms with Crippen LogP contribution >= 0.6 is 0 Å². The first kappa shape index (κ1) is 22.7. The molecule has 0 aliphatic rings. The lowest BCUT2D eigenvalue weighted by Crippen LogP contribution is -2.10. The molecule has 0 nitrogen and oxygen atoms in total. The fraction of sp³-hybridized carbons (Fsp3) is 0.913. The van der Waals surface area contributed by atoms with E-state index in [1.807, 2.05) is 0 Å². The molecule has 0 rings (SSSR count). The molecule has 0 aromatic rings. The summed E-state index contributed by atoms with van der Waals surface area (Å²) >= 11 is 0. The van der Waals surface area contributed by atoms with Crippen molar-refractivity contribution in [3.63, 3.8) is 0 Å². The van der Waals surface area contributed by atoms with Crippen molar-refractivity contribution in [3.05, 3.63) is 12.2 Å². The molecule has 0 heteroatoms. The Morgan fingerprint density at radius 3 is 1.87 bits per heavy atom. The molecule has 0 saturated heterocycles. The topological polar surface area (TPSA) is 0 Å². The second kappa shape index (κ2) is 15.3. The highest BCUT2D eigenvalue weighted by Crippen LogP contribution is 2.27. The third-order valence-corrected chi connectivity index (χ3v) is 4.77. The Bertz CT molecular complexity index is 261. The van der Waals surface area contributed by atoms with Gasteiger partial charge in [-0.15, -0.1) is 0 Å². The normalized spacial score (nSPS) is 15.0. The van der Waals surface area contributed by atoms with Gasteiger partial charge < -0.3 is 0 Å². The lowest BCUT2D eigenvalue weighted by atomic mass is 9.83. The maximum Gasteiger partial charge on any atom is -0.0322 e. The van der Waals surface area contributed by atoms with Crippen LogP contribution in [-0.4, -0.2) is 0 Å². The summed E-state index contributed by atoms with van der Waals surface area (Å²) in [6.07, 6.45) is 20.2. The zero-order valence-electron chi connectivity index (χ0n) is 17.2. The molecule has 138 valence electrons. The molecule has 0 amide bonds. The standard InChI is InChI=1S/C23H46/c1-7-8-9-10-11-12-13-14-15-16-23(18-21(4)5)19-22(6)17-20(2)3/h14-15,20-23H,7-13,16-19H2,1-6H3. The molecule has 0 saturated carbocycles. The van der Waals surface area contributed by atoms with Gasteiger partial charge in [0.2, 0.25) is 0 Å². The quantitative estimate of drug-likeness (QED) is 0.210. The number of hydrogen-bond donors (Lipinski definition) is 0. The number of allylic oxidation sites excluding steroid dienone is 2. The molecule has 2 atom stereocenters. The summed E-state index contributed by atoms with van der Waals surface area (Å²) < 4.78 is 0. The van der Waals surface area contributed by atoms with Crippen LogP contribution < -0.4 is 0 Å². The Morgan fingerprint density at radius 1 is 0.652 bits per heavy atom. The van der Waals surface area contributed by atoms with Crippen LogP contribution in [0.3, 0.4) is 0 Å². The predicted octanol–water partition coefficient (Wildman–Crippen LogP) is 8.42. The van der Waals surface area contributed by atoms with Crippen molar-refractivity contribution in [1.29, 1.82) is 0 Å². The molecular formula is C23H46. The van der Waals surface area contributed by atoms with Gasteiger partial charge in [-0.3, -0.25) is 0 Å². The molecule has 23 heavy (non-hydrogen) atoms. The van der Waals surface area contributed by atoms with Crippen LogP contribution in [0.2, 0.25) is 0 Å². The van der Waals surface area contributed by atoms with Crippen molar-refractivity contribution in [3.8, 4) is 0 Å². The van der Waals surface area contributed by atoms with Crippen molar-refractivity contribution >= 4 is 0 Å². The summed E-state index contributed by atoms with van der Waals surface area (Å²) in [5.41, 5.74) is 0. The van der Waals surface area contributed by atoms with Gasteiger partial charge in [-0.2, -0.15) is 0 Å². The van der Waals surface area contributed by atoms with E-state index in [-0.39, 0.29) is 0 Å². The first-order valence-electron chi connectivity index (χ1n) is 10.6.